The van der Waals surface area contributed by atoms with E-state index in [-0.39, 0.29) is 5.57 Å². The first kappa shape index (κ1) is 17.1. The molecule has 0 radical (unpaired) electrons. The molecular formula is C12H22O4. The van der Waals surface area contributed by atoms with Crippen molar-refractivity contribution >= 4 is 11.9 Å². The minimum Gasteiger partial charge on any atom is -0.481 e. The zero-order valence-corrected chi connectivity index (χ0v) is 10.2. The van der Waals surface area contributed by atoms with E-state index in [2.05, 4.69) is 13.5 Å². The zero-order valence-electron chi connectivity index (χ0n) is 10.2. The molecule has 0 fully saturated rings. The average molecular weight is 230 g/mol. The Morgan fingerprint density at radius 1 is 1.06 bits per heavy atom. The Morgan fingerprint density at radius 2 is 1.50 bits per heavy atom. The first-order valence-electron chi connectivity index (χ1n) is 5.52. The molecule has 0 aromatic rings. The SMILES string of the molecule is C=C(C)C(=O)O.CCCCCCCC(=O)O. The van der Waals surface area contributed by atoms with E-state index >= 15 is 0 Å². The summed E-state index contributed by atoms with van der Waals surface area (Å²) in [4.78, 5) is 19.6. The van der Waals surface area contributed by atoms with Gasteiger partial charge < -0.3 is 10.2 Å². The van der Waals surface area contributed by atoms with Crippen LogP contribution < -0.4 is 0 Å². The topological polar surface area (TPSA) is 74.6 Å². The lowest BCUT2D eigenvalue weighted by Crippen LogP contribution is -1.93. The maximum atomic E-state index is 10.0. The fraction of sp³-hybridized carbons (Fsp3) is 0.667. The molecule has 0 saturated heterocycles. The van der Waals surface area contributed by atoms with Gasteiger partial charge in [0.25, 0.3) is 0 Å². The molecule has 16 heavy (non-hydrogen) atoms. The van der Waals surface area contributed by atoms with Crippen LogP contribution in [0.25, 0.3) is 0 Å². The highest BCUT2D eigenvalue weighted by Crippen LogP contribution is 2.04. The zero-order chi connectivity index (χ0) is 13.0. The Bertz CT molecular complexity index is 209. The molecule has 94 valence electrons. The van der Waals surface area contributed by atoms with Crippen molar-refractivity contribution in [1.82, 2.24) is 0 Å². The third-order valence-electron chi connectivity index (χ3n) is 1.86. The Morgan fingerprint density at radius 3 is 1.81 bits per heavy atom. The molecule has 2 N–H and O–H groups in total. The number of carboxylic acids is 2. The monoisotopic (exact) mass is 230 g/mol. The fourth-order valence-corrected chi connectivity index (χ4v) is 0.880. The number of rotatable bonds is 7. The second-order valence-corrected chi connectivity index (χ2v) is 3.64. The lowest BCUT2D eigenvalue weighted by molar-refractivity contribution is -0.137. The number of hydrogen-bond acceptors (Lipinski definition) is 2. The summed E-state index contributed by atoms with van der Waals surface area (Å²) in [7, 11) is 0. The Balaban J connectivity index is 0. The molecule has 0 spiro atoms. The molecule has 4 nitrogen and oxygen atoms in total. The van der Waals surface area contributed by atoms with E-state index in [0.717, 1.165) is 12.8 Å². The summed E-state index contributed by atoms with van der Waals surface area (Å²) >= 11 is 0. The van der Waals surface area contributed by atoms with Crippen LogP contribution in [0.1, 0.15) is 52.4 Å². The quantitative estimate of drug-likeness (QED) is 0.520. The van der Waals surface area contributed by atoms with Crippen LogP contribution >= 0.6 is 0 Å². The smallest absolute Gasteiger partial charge is 0.330 e. The lowest BCUT2D eigenvalue weighted by atomic mass is 10.1. The van der Waals surface area contributed by atoms with E-state index in [0.29, 0.717) is 6.42 Å². The molecule has 0 aliphatic rings. The van der Waals surface area contributed by atoms with Crippen molar-refractivity contribution in [3.63, 3.8) is 0 Å². The second-order valence-electron chi connectivity index (χ2n) is 3.64. The molecule has 0 aliphatic carbocycles. The van der Waals surface area contributed by atoms with Crippen molar-refractivity contribution in [3.8, 4) is 0 Å². The van der Waals surface area contributed by atoms with E-state index in [9.17, 15) is 9.59 Å². The molecule has 0 aromatic heterocycles. The Labute approximate surface area is 97.0 Å². The van der Waals surface area contributed by atoms with Gasteiger partial charge in [0.15, 0.2) is 0 Å². The second kappa shape index (κ2) is 11.8. The predicted molar refractivity (Wildman–Crippen MR) is 63.5 cm³/mol. The predicted octanol–water partition coefficient (Wildman–Crippen LogP) is 3.08. The standard InChI is InChI=1S/C8H16O2.C4H6O2/c1-2-3-4-5-6-7-8(9)10;1-3(2)4(5)6/h2-7H2,1H3,(H,9,10);1H2,2H3,(H,5,6). The van der Waals surface area contributed by atoms with Gasteiger partial charge in [-0.05, 0) is 13.3 Å². The molecule has 0 rings (SSSR count). The van der Waals surface area contributed by atoms with Crippen molar-refractivity contribution in [3.05, 3.63) is 12.2 Å². The van der Waals surface area contributed by atoms with Crippen LogP contribution in [0.2, 0.25) is 0 Å². The first-order valence-corrected chi connectivity index (χ1v) is 5.52. The lowest BCUT2D eigenvalue weighted by Gasteiger charge is -1.95. The number of aliphatic carboxylic acids is 2. The molecule has 0 bridgehead atoms. The summed E-state index contributed by atoms with van der Waals surface area (Å²) in [5.41, 5.74) is 0.176. The molecule has 0 aromatic carbocycles. The summed E-state index contributed by atoms with van der Waals surface area (Å²) < 4.78 is 0. The maximum absolute atomic E-state index is 10.0. The van der Waals surface area contributed by atoms with E-state index in [1.54, 1.807) is 0 Å². The van der Waals surface area contributed by atoms with Crippen molar-refractivity contribution < 1.29 is 19.8 Å². The fourth-order valence-electron chi connectivity index (χ4n) is 0.880. The van der Waals surface area contributed by atoms with E-state index in [1.807, 2.05) is 0 Å². The third kappa shape index (κ3) is 18.5. The van der Waals surface area contributed by atoms with Gasteiger partial charge in [0.2, 0.25) is 0 Å². The number of hydrogen-bond donors (Lipinski definition) is 2. The number of carbonyl (C=O) groups is 2. The molecule has 0 atom stereocenters. The van der Waals surface area contributed by atoms with Gasteiger partial charge in [-0.1, -0.05) is 39.2 Å². The minimum atomic E-state index is -0.935. The van der Waals surface area contributed by atoms with Crippen LogP contribution in [0.3, 0.4) is 0 Å². The molecule has 0 aliphatic heterocycles. The van der Waals surface area contributed by atoms with Crippen molar-refractivity contribution in [2.75, 3.05) is 0 Å². The highest BCUT2D eigenvalue weighted by atomic mass is 16.4. The van der Waals surface area contributed by atoms with Crippen LogP contribution in [-0.4, -0.2) is 22.2 Å². The molecule has 4 heteroatoms. The summed E-state index contributed by atoms with van der Waals surface area (Å²) in [6.45, 7) is 6.75. The number of unbranched alkanes of at least 4 members (excludes halogenated alkanes) is 4. The highest BCUT2D eigenvalue weighted by molar-refractivity contribution is 5.84. The number of carboxylic acid groups (broad SMARTS) is 2. The van der Waals surface area contributed by atoms with Crippen molar-refractivity contribution in [1.29, 1.82) is 0 Å². The molecule has 0 saturated carbocycles. The summed E-state index contributed by atoms with van der Waals surface area (Å²) in [6.07, 6.45) is 5.88. The van der Waals surface area contributed by atoms with Crippen molar-refractivity contribution in [2.24, 2.45) is 0 Å². The van der Waals surface area contributed by atoms with Crippen LogP contribution in [-0.2, 0) is 9.59 Å². The van der Waals surface area contributed by atoms with Gasteiger partial charge in [0, 0.05) is 12.0 Å². The van der Waals surface area contributed by atoms with Gasteiger partial charge in [-0.15, -0.1) is 0 Å². The summed E-state index contributed by atoms with van der Waals surface area (Å²) in [6, 6.07) is 0. The highest BCUT2D eigenvalue weighted by Gasteiger charge is 1.94. The van der Waals surface area contributed by atoms with E-state index in [4.69, 9.17) is 10.2 Å². The van der Waals surface area contributed by atoms with E-state index in [1.165, 1.54) is 26.2 Å². The van der Waals surface area contributed by atoms with E-state index < -0.39 is 11.9 Å². The van der Waals surface area contributed by atoms with Gasteiger partial charge in [-0.3, -0.25) is 4.79 Å². The van der Waals surface area contributed by atoms with Crippen LogP contribution in [0.4, 0.5) is 0 Å². The molecule has 0 amide bonds. The van der Waals surface area contributed by atoms with Crippen LogP contribution in [0.5, 0.6) is 0 Å². The molecule has 0 unspecified atom stereocenters. The minimum absolute atomic E-state index is 0.176. The van der Waals surface area contributed by atoms with Crippen molar-refractivity contribution in [2.45, 2.75) is 52.4 Å². The van der Waals surface area contributed by atoms with Gasteiger partial charge in [-0.25, -0.2) is 4.79 Å². The summed E-state index contributed by atoms with van der Waals surface area (Å²) in [5, 5.41) is 16.2. The van der Waals surface area contributed by atoms with Gasteiger partial charge in [-0.2, -0.15) is 0 Å². The molecular weight excluding hydrogens is 208 g/mol. The third-order valence-corrected chi connectivity index (χ3v) is 1.86. The Hall–Kier alpha value is -1.32. The maximum Gasteiger partial charge on any atom is 0.330 e. The summed E-state index contributed by atoms with van der Waals surface area (Å²) in [5.74, 6) is -1.61. The van der Waals surface area contributed by atoms with Gasteiger partial charge in [0.05, 0.1) is 0 Å². The normalized spacial score (nSPS) is 8.88. The van der Waals surface area contributed by atoms with Gasteiger partial charge >= 0.3 is 11.9 Å². The first-order chi connectivity index (χ1) is 7.41. The largest absolute Gasteiger partial charge is 0.481 e. The van der Waals surface area contributed by atoms with Gasteiger partial charge in [0.1, 0.15) is 0 Å². The van der Waals surface area contributed by atoms with Crippen LogP contribution in [0.15, 0.2) is 12.2 Å². The average Bonchev–Trinajstić information content (AvgIpc) is 2.18. The van der Waals surface area contributed by atoms with Crippen LogP contribution in [0, 0.1) is 0 Å². The Kier molecular flexibility index (Phi) is 12.6. The molecule has 0 heterocycles.